The van der Waals surface area contributed by atoms with Crippen LogP contribution in [0.25, 0.3) is 0 Å². The van der Waals surface area contributed by atoms with Gasteiger partial charge in [0.1, 0.15) is 5.82 Å². The second kappa shape index (κ2) is 4.34. The zero-order valence-electron chi connectivity index (χ0n) is 8.62. The summed E-state index contributed by atoms with van der Waals surface area (Å²) in [6, 6.07) is 1.73. The molecular weight excluding hydrogens is 270 g/mol. The molecule has 2 rings (SSSR count). The Morgan fingerprint density at radius 1 is 1.22 bits per heavy atom. The molecule has 1 atom stereocenters. The smallest absolute Gasteiger partial charge is 0.274 e. The first-order valence-electron chi connectivity index (χ1n) is 4.69. The maximum absolute atomic E-state index is 13.2. The molecule has 8 heteroatoms. The Morgan fingerprint density at radius 2 is 1.89 bits per heavy atom. The third kappa shape index (κ3) is 2.04. The summed E-state index contributed by atoms with van der Waals surface area (Å²) in [5.41, 5.74) is -0.252. The molecule has 0 aliphatic carbocycles. The average molecular weight is 275 g/mol. The normalized spacial score (nSPS) is 20.1. The third-order valence-corrected chi connectivity index (χ3v) is 2.42. The van der Waals surface area contributed by atoms with E-state index in [0.717, 1.165) is 18.2 Å². The number of nitrogens with one attached hydrogen (secondary N) is 1. The van der Waals surface area contributed by atoms with Gasteiger partial charge in [0, 0.05) is 5.02 Å². The number of carbonyl (C=O) groups is 3. The van der Waals surface area contributed by atoms with Gasteiger partial charge in [0.05, 0.1) is 5.69 Å². The summed E-state index contributed by atoms with van der Waals surface area (Å²) in [4.78, 5) is 34.1. The highest BCUT2D eigenvalue weighted by molar-refractivity contribution is 6.32. The minimum atomic E-state index is -2.51. The van der Waals surface area contributed by atoms with Crippen molar-refractivity contribution in [3.05, 3.63) is 29.0 Å². The van der Waals surface area contributed by atoms with Gasteiger partial charge in [0.25, 0.3) is 18.0 Å². The minimum absolute atomic E-state index is 0.0714. The van der Waals surface area contributed by atoms with E-state index in [4.69, 9.17) is 11.6 Å². The molecule has 0 radical (unpaired) electrons. The number of barbiturate groups is 1. The van der Waals surface area contributed by atoms with E-state index >= 15 is 0 Å². The van der Waals surface area contributed by atoms with E-state index < -0.39 is 29.8 Å². The predicted octanol–water partition coefficient (Wildman–Crippen LogP) is 1.40. The first-order valence-corrected chi connectivity index (χ1v) is 5.07. The van der Waals surface area contributed by atoms with Crippen LogP contribution in [0.5, 0.6) is 0 Å². The number of imide groups is 2. The van der Waals surface area contributed by atoms with E-state index in [0.29, 0.717) is 4.90 Å². The second-order valence-corrected chi connectivity index (χ2v) is 3.89. The molecule has 18 heavy (non-hydrogen) atoms. The Balaban J connectivity index is 2.45. The molecule has 0 bridgehead atoms. The molecule has 0 saturated carbocycles. The van der Waals surface area contributed by atoms with Gasteiger partial charge >= 0.3 is 6.03 Å². The number of alkyl halides is 1. The highest BCUT2D eigenvalue weighted by atomic mass is 35.5. The van der Waals surface area contributed by atoms with Crippen LogP contribution in [0.15, 0.2) is 18.2 Å². The summed E-state index contributed by atoms with van der Waals surface area (Å²) in [6.07, 6.45) is -2.51. The number of amides is 4. The monoisotopic (exact) mass is 274 g/mol. The molecule has 1 heterocycles. The van der Waals surface area contributed by atoms with E-state index in [1.807, 2.05) is 0 Å². The highest BCUT2D eigenvalue weighted by Gasteiger charge is 2.41. The molecule has 4 amide bonds. The molecule has 1 aliphatic heterocycles. The number of rotatable bonds is 1. The zero-order chi connectivity index (χ0) is 13.4. The third-order valence-electron chi connectivity index (χ3n) is 2.21. The molecule has 0 aromatic heterocycles. The second-order valence-electron chi connectivity index (χ2n) is 3.46. The van der Waals surface area contributed by atoms with Crippen LogP contribution < -0.4 is 10.2 Å². The zero-order valence-corrected chi connectivity index (χ0v) is 9.37. The lowest BCUT2D eigenvalue weighted by Gasteiger charge is -2.26. The highest BCUT2D eigenvalue weighted by Crippen LogP contribution is 2.24. The van der Waals surface area contributed by atoms with Gasteiger partial charge < -0.3 is 0 Å². The van der Waals surface area contributed by atoms with Gasteiger partial charge in [-0.25, -0.2) is 18.5 Å². The van der Waals surface area contributed by atoms with Gasteiger partial charge in [-0.1, -0.05) is 11.6 Å². The van der Waals surface area contributed by atoms with Gasteiger partial charge in [-0.2, -0.15) is 0 Å². The molecule has 1 fully saturated rings. The van der Waals surface area contributed by atoms with Crippen LogP contribution in [-0.2, 0) is 9.59 Å². The van der Waals surface area contributed by atoms with Crippen molar-refractivity contribution in [1.82, 2.24) is 5.32 Å². The first kappa shape index (κ1) is 12.4. The van der Waals surface area contributed by atoms with Gasteiger partial charge in [0.2, 0.25) is 0 Å². The quantitative estimate of drug-likeness (QED) is 0.787. The van der Waals surface area contributed by atoms with E-state index in [-0.39, 0.29) is 10.7 Å². The van der Waals surface area contributed by atoms with E-state index in [1.165, 1.54) is 0 Å². The Bertz CT molecular complexity index is 544. The maximum atomic E-state index is 13.2. The number of benzene rings is 1. The average Bonchev–Trinajstić information content (AvgIpc) is 2.24. The summed E-state index contributed by atoms with van der Waals surface area (Å²) in [6.45, 7) is 0. The molecule has 1 aromatic rings. The van der Waals surface area contributed by atoms with Gasteiger partial charge in [-0.05, 0) is 18.2 Å². The standard InChI is InChI=1S/C10H5ClF2N2O3/c11-4-1-5(12)3-6(2-4)15-9(17)7(13)8(16)14-10(15)18/h1-3,7H,(H,14,16,18). The lowest BCUT2D eigenvalue weighted by molar-refractivity contribution is -0.135. The van der Waals surface area contributed by atoms with Crippen LogP contribution in [0, 0.1) is 5.82 Å². The molecule has 5 nitrogen and oxygen atoms in total. The molecule has 1 aromatic carbocycles. The van der Waals surface area contributed by atoms with Crippen molar-refractivity contribution in [3.8, 4) is 0 Å². The van der Waals surface area contributed by atoms with Crippen molar-refractivity contribution in [1.29, 1.82) is 0 Å². The number of hydrogen-bond acceptors (Lipinski definition) is 3. The molecule has 0 spiro atoms. The fourth-order valence-corrected chi connectivity index (χ4v) is 1.68. The SMILES string of the molecule is O=C1NC(=O)N(c2cc(F)cc(Cl)c2)C(=O)C1F. The molecule has 1 N–H and O–H groups in total. The van der Waals surface area contributed by atoms with Crippen LogP contribution in [0.4, 0.5) is 19.3 Å². The van der Waals surface area contributed by atoms with Crippen LogP contribution in [0.3, 0.4) is 0 Å². The van der Waals surface area contributed by atoms with E-state index in [9.17, 15) is 23.2 Å². The van der Waals surface area contributed by atoms with Crippen LogP contribution in [0.2, 0.25) is 5.02 Å². The maximum Gasteiger partial charge on any atom is 0.335 e. The molecular formula is C10H5ClF2N2O3. The Kier molecular flexibility index (Phi) is 3.00. The van der Waals surface area contributed by atoms with Gasteiger partial charge in [0.15, 0.2) is 0 Å². The molecule has 94 valence electrons. The van der Waals surface area contributed by atoms with Crippen LogP contribution in [-0.4, -0.2) is 24.0 Å². The van der Waals surface area contributed by atoms with Crippen molar-refractivity contribution in [2.45, 2.75) is 6.17 Å². The number of urea groups is 1. The summed E-state index contributed by atoms with van der Waals surface area (Å²) in [5.74, 6) is -3.53. The molecule has 1 aliphatic rings. The van der Waals surface area contributed by atoms with E-state index in [2.05, 4.69) is 0 Å². The predicted molar refractivity (Wildman–Crippen MR) is 57.3 cm³/mol. The fourth-order valence-electron chi connectivity index (χ4n) is 1.46. The lowest BCUT2D eigenvalue weighted by atomic mass is 10.2. The fraction of sp³-hybridized carbons (Fsp3) is 0.100. The Labute approximate surface area is 104 Å². The van der Waals surface area contributed by atoms with Crippen molar-refractivity contribution in [2.75, 3.05) is 4.90 Å². The van der Waals surface area contributed by atoms with Crippen molar-refractivity contribution < 1.29 is 23.2 Å². The Morgan fingerprint density at radius 3 is 2.50 bits per heavy atom. The number of carbonyl (C=O) groups excluding carboxylic acids is 3. The first-order chi connectivity index (χ1) is 8.40. The van der Waals surface area contributed by atoms with Crippen LogP contribution >= 0.6 is 11.6 Å². The number of anilines is 1. The summed E-state index contributed by atoms with van der Waals surface area (Å²) >= 11 is 5.56. The Hall–Kier alpha value is -2.02. The summed E-state index contributed by atoms with van der Waals surface area (Å²) < 4.78 is 26.3. The van der Waals surface area contributed by atoms with Crippen molar-refractivity contribution in [3.63, 3.8) is 0 Å². The number of hydrogen-bond donors (Lipinski definition) is 1. The van der Waals surface area contributed by atoms with Gasteiger partial charge in [-0.3, -0.25) is 14.9 Å². The van der Waals surface area contributed by atoms with Crippen molar-refractivity contribution in [2.24, 2.45) is 0 Å². The topological polar surface area (TPSA) is 66.5 Å². The number of halogens is 3. The van der Waals surface area contributed by atoms with Crippen molar-refractivity contribution >= 4 is 35.1 Å². The van der Waals surface area contributed by atoms with E-state index in [1.54, 1.807) is 5.32 Å². The lowest BCUT2D eigenvalue weighted by Crippen LogP contribution is -2.59. The van der Waals surface area contributed by atoms with Crippen LogP contribution in [0.1, 0.15) is 0 Å². The minimum Gasteiger partial charge on any atom is -0.274 e. The largest absolute Gasteiger partial charge is 0.335 e. The summed E-state index contributed by atoms with van der Waals surface area (Å²) in [7, 11) is 0. The molecule has 1 unspecified atom stereocenters. The molecule has 1 saturated heterocycles. The van der Waals surface area contributed by atoms with Gasteiger partial charge in [-0.15, -0.1) is 0 Å². The number of nitrogens with zero attached hydrogens (tertiary/aromatic N) is 1. The summed E-state index contributed by atoms with van der Waals surface area (Å²) in [5, 5.41) is 1.56.